The maximum absolute atomic E-state index is 13.2. The molecule has 0 radical (unpaired) electrons. The van der Waals surface area contributed by atoms with Crippen LogP contribution in [0, 0.1) is 17.7 Å². The highest BCUT2D eigenvalue weighted by Gasteiger charge is 2.28. The highest BCUT2D eigenvalue weighted by atomic mass is 19.1. The van der Waals surface area contributed by atoms with Crippen molar-refractivity contribution in [2.75, 3.05) is 0 Å². The third kappa shape index (κ3) is 3.63. The van der Waals surface area contributed by atoms with Crippen molar-refractivity contribution < 1.29 is 14.0 Å². The topological polar surface area (TPSA) is 72.0 Å². The number of rotatable bonds is 2. The third-order valence-electron chi connectivity index (χ3n) is 4.36. The van der Waals surface area contributed by atoms with Crippen LogP contribution >= 0.6 is 0 Å². The van der Waals surface area contributed by atoms with E-state index >= 15 is 0 Å². The van der Waals surface area contributed by atoms with E-state index in [2.05, 4.69) is 27.0 Å². The number of aliphatic hydroxyl groups excluding tert-OH is 1. The van der Waals surface area contributed by atoms with E-state index < -0.39 is 0 Å². The van der Waals surface area contributed by atoms with Gasteiger partial charge < -0.3 is 9.63 Å². The zero-order valence-electron chi connectivity index (χ0n) is 13.9. The Labute approximate surface area is 149 Å². The highest BCUT2D eigenvalue weighted by molar-refractivity contribution is 5.51. The van der Waals surface area contributed by atoms with E-state index in [0.717, 1.165) is 12.8 Å². The Hall–Kier alpha value is -3.04. The van der Waals surface area contributed by atoms with Crippen molar-refractivity contribution in [3.63, 3.8) is 0 Å². The Bertz CT molecular complexity index is 972. The average Bonchev–Trinajstić information content (AvgIpc) is 3.29. The maximum atomic E-state index is 13.2. The summed E-state index contributed by atoms with van der Waals surface area (Å²) in [7, 11) is 0. The summed E-state index contributed by atoms with van der Waals surface area (Å²) in [6.45, 7) is 0. The fraction of sp³-hybridized carbons (Fsp3) is 0.250. The molecule has 1 fully saturated rings. The average molecular weight is 349 g/mol. The Balaban J connectivity index is 1.49. The van der Waals surface area contributed by atoms with Gasteiger partial charge in [-0.05, 0) is 49.6 Å². The van der Waals surface area contributed by atoms with Crippen molar-refractivity contribution in [3.05, 3.63) is 65.4 Å². The van der Waals surface area contributed by atoms with Gasteiger partial charge in [0.1, 0.15) is 11.5 Å². The minimum atomic E-state index is -0.312. The molecule has 0 spiro atoms. The molecule has 1 aliphatic carbocycles. The predicted molar refractivity (Wildman–Crippen MR) is 92.5 cm³/mol. The van der Waals surface area contributed by atoms with Gasteiger partial charge in [0.25, 0.3) is 0 Å². The summed E-state index contributed by atoms with van der Waals surface area (Å²) in [5.41, 5.74) is 1.91. The molecule has 1 saturated carbocycles. The van der Waals surface area contributed by atoms with Crippen LogP contribution in [0.25, 0.3) is 11.5 Å². The quantitative estimate of drug-likeness (QED) is 0.719. The zero-order chi connectivity index (χ0) is 17.9. The lowest BCUT2D eigenvalue weighted by atomic mass is 10.1. The molecule has 0 unspecified atom stereocenters. The Kier molecular flexibility index (Phi) is 4.46. The molecule has 1 aliphatic rings. The summed E-state index contributed by atoms with van der Waals surface area (Å²) >= 11 is 0. The molecule has 26 heavy (non-hydrogen) atoms. The van der Waals surface area contributed by atoms with Gasteiger partial charge in [-0.3, -0.25) is 4.98 Å². The molecular weight excluding hydrogens is 333 g/mol. The molecule has 130 valence electrons. The maximum Gasteiger partial charge on any atom is 0.230 e. The van der Waals surface area contributed by atoms with Gasteiger partial charge >= 0.3 is 0 Å². The number of hydrogen-bond acceptors (Lipinski definition) is 5. The molecule has 1 aromatic carbocycles. The van der Waals surface area contributed by atoms with Gasteiger partial charge in [-0.2, -0.15) is 4.98 Å². The highest BCUT2D eigenvalue weighted by Crippen LogP contribution is 2.34. The molecule has 6 heteroatoms. The van der Waals surface area contributed by atoms with Crippen LogP contribution in [0.5, 0.6) is 0 Å². The summed E-state index contributed by atoms with van der Waals surface area (Å²) in [4.78, 5) is 8.72. The van der Waals surface area contributed by atoms with Crippen LogP contribution in [-0.2, 0) is 0 Å². The molecule has 0 aliphatic heterocycles. The molecule has 5 nitrogen and oxygen atoms in total. The predicted octanol–water partition coefficient (Wildman–Crippen LogP) is 3.30. The van der Waals surface area contributed by atoms with E-state index in [0.29, 0.717) is 35.0 Å². The normalized spacial score (nSPS) is 19.2. The van der Waals surface area contributed by atoms with E-state index in [1.54, 1.807) is 24.4 Å². The number of aromatic nitrogens is 3. The monoisotopic (exact) mass is 349 g/mol. The molecule has 0 amide bonds. The van der Waals surface area contributed by atoms with E-state index in [1.165, 1.54) is 12.1 Å². The molecule has 3 aromatic rings. The molecule has 0 bridgehead atoms. The molecule has 2 atom stereocenters. The molecule has 2 heterocycles. The van der Waals surface area contributed by atoms with Gasteiger partial charge in [-0.25, -0.2) is 4.39 Å². The van der Waals surface area contributed by atoms with Crippen LogP contribution in [0.1, 0.15) is 42.2 Å². The molecule has 1 N–H and O–H groups in total. The van der Waals surface area contributed by atoms with Crippen molar-refractivity contribution in [2.24, 2.45) is 0 Å². The molecule has 4 rings (SSSR count). The van der Waals surface area contributed by atoms with Gasteiger partial charge in [0.05, 0.1) is 6.10 Å². The number of hydrogen-bond donors (Lipinski definition) is 1. The second-order valence-electron chi connectivity index (χ2n) is 6.31. The largest absolute Gasteiger partial charge is 0.393 e. The van der Waals surface area contributed by atoms with Gasteiger partial charge in [0, 0.05) is 23.2 Å². The number of pyridine rings is 1. The van der Waals surface area contributed by atoms with E-state index in [9.17, 15) is 9.50 Å². The summed E-state index contributed by atoms with van der Waals surface area (Å²) in [5.74, 6) is 6.63. The first kappa shape index (κ1) is 16.4. The zero-order valence-corrected chi connectivity index (χ0v) is 13.9. The van der Waals surface area contributed by atoms with Gasteiger partial charge in [0.15, 0.2) is 0 Å². The van der Waals surface area contributed by atoms with Crippen molar-refractivity contribution in [1.82, 2.24) is 15.1 Å². The molecule has 0 saturated heterocycles. The fourth-order valence-electron chi connectivity index (χ4n) is 3.00. The number of halogens is 1. The first-order valence-corrected chi connectivity index (χ1v) is 8.43. The summed E-state index contributed by atoms with van der Waals surface area (Å²) in [5, 5.41) is 13.6. The lowest BCUT2D eigenvalue weighted by Crippen LogP contribution is -1.99. The van der Waals surface area contributed by atoms with Crippen LogP contribution in [0.15, 0.2) is 47.1 Å². The first-order chi connectivity index (χ1) is 12.7. The molecule has 2 aromatic heterocycles. The van der Waals surface area contributed by atoms with Gasteiger partial charge in [-0.15, -0.1) is 0 Å². The Morgan fingerprint density at radius 1 is 1.12 bits per heavy atom. The SMILES string of the molecule is O[C@H]1CC[C@H](c2nc(-c3ccc(C#Cc4cccc(F)c4)cn3)no2)C1. The second kappa shape index (κ2) is 7.06. The lowest BCUT2D eigenvalue weighted by Gasteiger charge is -2.00. The van der Waals surface area contributed by atoms with Crippen molar-refractivity contribution >= 4 is 0 Å². The lowest BCUT2D eigenvalue weighted by molar-refractivity contribution is 0.179. The minimum absolute atomic E-state index is 0.114. The van der Waals surface area contributed by atoms with Crippen LogP contribution in [0.4, 0.5) is 4.39 Å². The summed E-state index contributed by atoms with van der Waals surface area (Å²) in [6, 6.07) is 9.72. The number of nitrogens with zero attached hydrogens (tertiary/aromatic N) is 3. The number of benzene rings is 1. The van der Waals surface area contributed by atoms with Crippen LogP contribution in [-0.4, -0.2) is 26.3 Å². The van der Waals surface area contributed by atoms with Crippen LogP contribution < -0.4 is 0 Å². The van der Waals surface area contributed by atoms with E-state index in [4.69, 9.17) is 4.52 Å². The van der Waals surface area contributed by atoms with Gasteiger partial charge in [0.2, 0.25) is 11.7 Å². The van der Waals surface area contributed by atoms with Crippen LogP contribution in [0.2, 0.25) is 0 Å². The standard InChI is InChI=1S/C20H16FN3O2/c21-16-3-1-2-13(10-16)4-5-14-6-9-18(22-12-14)19-23-20(26-24-19)15-7-8-17(25)11-15/h1-3,6,9-10,12,15,17,25H,7-8,11H2/t15-,17-/m0/s1. The van der Waals surface area contributed by atoms with Crippen molar-refractivity contribution in [3.8, 4) is 23.4 Å². The summed E-state index contributed by atoms with van der Waals surface area (Å²) in [6.07, 6.45) is 3.61. The first-order valence-electron chi connectivity index (χ1n) is 8.43. The third-order valence-corrected chi connectivity index (χ3v) is 4.36. The van der Waals surface area contributed by atoms with Crippen LogP contribution in [0.3, 0.4) is 0 Å². The molecular formula is C20H16FN3O2. The fourth-order valence-corrected chi connectivity index (χ4v) is 3.00. The minimum Gasteiger partial charge on any atom is -0.393 e. The second-order valence-corrected chi connectivity index (χ2v) is 6.31. The smallest absolute Gasteiger partial charge is 0.230 e. The Morgan fingerprint density at radius 3 is 2.73 bits per heavy atom. The van der Waals surface area contributed by atoms with E-state index in [1.807, 2.05) is 6.07 Å². The summed E-state index contributed by atoms with van der Waals surface area (Å²) < 4.78 is 18.5. The van der Waals surface area contributed by atoms with Crippen molar-refractivity contribution in [2.45, 2.75) is 31.3 Å². The van der Waals surface area contributed by atoms with Crippen molar-refractivity contribution in [1.29, 1.82) is 0 Å². The Morgan fingerprint density at radius 2 is 2.00 bits per heavy atom. The van der Waals surface area contributed by atoms with E-state index in [-0.39, 0.29) is 17.8 Å². The number of aliphatic hydroxyl groups is 1. The van der Waals surface area contributed by atoms with Gasteiger partial charge in [-0.1, -0.05) is 23.1 Å².